The molecule has 19 heavy (non-hydrogen) atoms. The summed E-state index contributed by atoms with van der Waals surface area (Å²) in [7, 11) is 0. The Morgan fingerprint density at radius 3 is 3.00 bits per heavy atom. The number of aromatic nitrogens is 1. The van der Waals surface area contributed by atoms with E-state index in [1.807, 2.05) is 13.8 Å². The normalized spacial score (nSPS) is 14.9. The molecule has 2 heterocycles. The maximum absolute atomic E-state index is 11.9. The highest BCUT2D eigenvalue weighted by molar-refractivity contribution is 7.80. The van der Waals surface area contributed by atoms with Crippen LogP contribution >= 0.6 is 23.6 Å². The van der Waals surface area contributed by atoms with Crippen LogP contribution < -0.4 is 10.6 Å². The van der Waals surface area contributed by atoms with Crippen LogP contribution in [0.2, 0.25) is 0 Å². The van der Waals surface area contributed by atoms with Crippen molar-refractivity contribution in [1.29, 1.82) is 0 Å². The molecule has 0 amide bonds. The Morgan fingerprint density at radius 1 is 1.58 bits per heavy atom. The number of nitrogens with one attached hydrogen (secondary N) is 2. The molecule has 1 aliphatic rings. The summed E-state index contributed by atoms with van der Waals surface area (Å²) in [6.07, 6.45) is 0.702. The molecule has 2 N–H and O–H groups in total. The van der Waals surface area contributed by atoms with Gasteiger partial charge in [-0.15, -0.1) is 11.3 Å². The highest BCUT2D eigenvalue weighted by Gasteiger charge is 2.19. The monoisotopic (exact) mass is 297 g/mol. The topological polar surface area (TPSA) is 63.2 Å². The standard InChI is InChI=1S/C12H15N3O2S2/c1-7-9(5-13-12(18)15-7)11(16)17-4-3-10-8(2)14-6-19-10/h6H,3-5H2,1-2H3,(H2,13,15,18). The van der Waals surface area contributed by atoms with Gasteiger partial charge < -0.3 is 15.4 Å². The lowest BCUT2D eigenvalue weighted by Crippen LogP contribution is -2.43. The molecule has 0 aliphatic carbocycles. The summed E-state index contributed by atoms with van der Waals surface area (Å²) < 4.78 is 5.27. The molecule has 2 rings (SSSR count). The Hall–Kier alpha value is -1.47. The fourth-order valence-corrected chi connectivity index (χ4v) is 2.69. The van der Waals surface area contributed by atoms with E-state index in [0.29, 0.717) is 30.3 Å². The van der Waals surface area contributed by atoms with Gasteiger partial charge in [-0.2, -0.15) is 0 Å². The van der Waals surface area contributed by atoms with Gasteiger partial charge in [-0.3, -0.25) is 0 Å². The smallest absolute Gasteiger partial charge is 0.337 e. The van der Waals surface area contributed by atoms with Crippen molar-refractivity contribution in [2.24, 2.45) is 0 Å². The number of hydrogen-bond donors (Lipinski definition) is 2. The second-order valence-corrected chi connectivity index (χ2v) is 5.51. The van der Waals surface area contributed by atoms with E-state index >= 15 is 0 Å². The van der Waals surface area contributed by atoms with Gasteiger partial charge in [0, 0.05) is 17.0 Å². The van der Waals surface area contributed by atoms with Crippen molar-refractivity contribution in [3.63, 3.8) is 0 Å². The molecule has 0 unspecified atom stereocenters. The van der Waals surface area contributed by atoms with Crippen LogP contribution in [-0.4, -0.2) is 29.2 Å². The lowest BCUT2D eigenvalue weighted by atomic mass is 10.2. The summed E-state index contributed by atoms with van der Waals surface area (Å²) in [6.45, 7) is 4.55. The molecule has 1 aromatic heterocycles. The predicted octanol–water partition coefficient (Wildman–Crippen LogP) is 1.29. The zero-order chi connectivity index (χ0) is 13.8. The third kappa shape index (κ3) is 3.51. The summed E-state index contributed by atoms with van der Waals surface area (Å²) >= 11 is 6.55. The fraction of sp³-hybridized carbons (Fsp3) is 0.417. The van der Waals surface area contributed by atoms with Crippen molar-refractivity contribution < 1.29 is 9.53 Å². The van der Waals surface area contributed by atoms with Crippen LogP contribution in [0.15, 0.2) is 16.8 Å². The molecule has 0 aromatic carbocycles. The van der Waals surface area contributed by atoms with E-state index in [0.717, 1.165) is 16.3 Å². The average molecular weight is 297 g/mol. The van der Waals surface area contributed by atoms with Crippen LogP contribution in [0, 0.1) is 6.92 Å². The van der Waals surface area contributed by atoms with E-state index in [9.17, 15) is 4.79 Å². The number of esters is 1. The Balaban J connectivity index is 1.86. The molecule has 5 nitrogen and oxygen atoms in total. The molecule has 7 heteroatoms. The lowest BCUT2D eigenvalue weighted by molar-refractivity contribution is -0.139. The van der Waals surface area contributed by atoms with Gasteiger partial charge in [-0.05, 0) is 26.1 Å². The highest BCUT2D eigenvalue weighted by atomic mass is 32.1. The number of nitrogens with zero attached hydrogens (tertiary/aromatic N) is 1. The molecule has 0 radical (unpaired) electrons. The molecule has 0 saturated heterocycles. The first kappa shape index (κ1) is 14.0. The van der Waals surface area contributed by atoms with Crippen LogP contribution in [0.3, 0.4) is 0 Å². The first-order valence-corrected chi connectivity index (χ1v) is 7.17. The number of rotatable bonds is 4. The average Bonchev–Trinajstić information content (AvgIpc) is 2.75. The summed E-state index contributed by atoms with van der Waals surface area (Å²) in [4.78, 5) is 17.2. The van der Waals surface area contributed by atoms with E-state index in [4.69, 9.17) is 17.0 Å². The Morgan fingerprint density at radius 2 is 2.37 bits per heavy atom. The molecular weight excluding hydrogens is 282 g/mol. The number of allylic oxidation sites excluding steroid dienone is 1. The largest absolute Gasteiger partial charge is 0.462 e. The van der Waals surface area contributed by atoms with Crippen molar-refractivity contribution in [3.05, 3.63) is 27.4 Å². The van der Waals surface area contributed by atoms with Gasteiger partial charge in [0.1, 0.15) is 0 Å². The first-order chi connectivity index (χ1) is 9.08. The second kappa shape index (κ2) is 6.12. The number of hydrogen-bond acceptors (Lipinski definition) is 5. The lowest BCUT2D eigenvalue weighted by Gasteiger charge is -2.20. The third-order valence-corrected chi connectivity index (χ3v) is 4.07. The van der Waals surface area contributed by atoms with Crippen molar-refractivity contribution in [2.45, 2.75) is 20.3 Å². The highest BCUT2D eigenvalue weighted by Crippen LogP contribution is 2.13. The molecule has 1 aromatic rings. The van der Waals surface area contributed by atoms with Gasteiger partial charge in [0.25, 0.3) is 0 Å². The van der Waals surface area contributed by atoms with E-state index in [-0.39, 0.29) is 5.97 Å². The quantitative estimate of drug-likeness (QED) is 0.645. The van der Waals surface area contributed by atoms with E-state index in [1.165, 1.54) is 0 Å². The van der Waals surface area contributed by atoms with Crippen LogP contribution in [0.4, 0.5) is 0 Å². The summed E-state index contributed by atoms with van der Waals surface area (Å²) in [5, 5.41) is 6.36. The second-order valence-electron chi connectivity index (χ2n) is 4.16. The zero-order valence-electron chi connectivity index (χ0n) is 10.8. The Kier molecular flexibility index (Phi) is 4.49. The Bertz CT molecular complexity index is 537. The first-order valence-electron chi connectivity index (χ1n) is 5.88. The van der Waals surface area contributed by atoms with E-state index in [1.54, 1.807) is 16.8 Å². The molecule has 0 bridgehead atoms. The molecule has 0 fully saturated rings. The number of thiocarbonyl (C=S) groups is 1. The van der Waals surface area contributed by atoms with Crippen molar-refractivity contribution in [3.8, 4) is 0 Å². The Labute approximate surface area is 121 Å². The van der Waals surface area contributed by atoms with Gasteiger partial charge >= 0.3 is 5.97 Å². The number of thiazole rings is 1. The van der Waals surface area contributed by atoms with Crippen molar-refractivity contribution >= 4 is 34.6 Å². The van der Waals surface area contributed by atoms with Gasteiger partial charge in [0.2, 0.25) is 0 Å². The maximum Gasteiger partial charge on any atom is 0.337 e. The maximum atomic E-state index is 11.9. The number of aryl methyl sites for hydroxylation is 1. The van der Waals surface area contributed by atoms with Crippen molar-refractivity contribution in [1.82, 2.24) is 15.6 Å². The SMILES string of the molecule is CC1=C(C(=O)OCCc2scnc2C)CNC(=S)N1. The summed E-state index contributed by atoms with van der Waals surface area (Å²) in [6, 6.07) is 0. The molecule has 0 saturated carbocycles. The number of carbonyl (C=O) groups excluding carboxylic acids is 1. The minimum absolute atomic E-state index is 0.304. The molecule has 0 spiro atoms. The van der Waals surface area contributed by atoms with E-state index < -0.39 is 0 Å². The number of carbonyl (C=O) groups is 1. The summed E-state index contributed by atoms with van der Waals surface area (Å²) in [5.41, 5.74) is 4.15. The summed E-state index contributed by atoms with van der Waals surface area (Å²) in [5.74, 6) is -0.304. The molecule has 1 aliphatic heterocycles. The van der Waals surface area contributed by atoms with Gasteiger partial charge in [-0.25, -0.2) is 9.78 Å². The van der Waals surface area contributed by atoms with Crippen LogP contribution in [0.1, 0.15) is 17.5 Å². The molecule has 0 atom stereocenters. The zero-order valence-corrected chi connectivity index (χ0v) is 12.4. The third-order valence-electron chi connectivity index (χ3n) is 2.83. The fourth-order valence-electron chi connectivity index (χ4n) is 1.71. The van der Waals surface area contributed by atoms with Gasteiger partial charge in [-0.1, -0.05) is 0 Å². The van der Waals surface area contributed by atoms with Gasteiger partial charge in [0.15, 0.2) is 5.11 Å². The minimum Gasteiger partial charge on any atom is -0.462 e. The molecular formula is C12H15N3O2S2. The van der Waals surface area contributed by atoms with E-state index in [2.05, 4.69) is 15.6 Å². The van der Waals surface area contributed by atoms with Crippen LogP contribution in [0.25, 0.3) is 0 Å². The van der Waals surface area contributed by atoms with Crippen molar-refractivity contribution in [2.75, 3.05) is 13.2 Å². The predicted molar refractivity (Wildman–Crippen MR) is 78.0 cm³/mol. The minimum atomic E-state index is -0.304. The van der Waals surface area contributed by atoms with Crippen LogP contribution in [-0.2, 0) is 16.0 Å². The number of ether oxygens (including phenoxy) is 1. The molecule has 102 valence electrons. The van der Waals surface area contributed by atoms with Gasteiger partial charge in [0.05, 0.1) is 29.9 Å². The van der Waals surface area contributed by atoms with Crippen LogP contribution in [0.5, 0.6) is 0 Å².